The van der Waals surface area contributed by atoms with E-state index in [1.54, 1.807) is 12.1 Å². The molecule has 112 valence electrons. The minimum atomic E-state index is -3.48. The van der Waals surface area contributed by atoms with Gasteiger partial charge in [-0.3, -0.25) is 0 Å². The molecule has 4 heteroatoms. The van der Waals surface area contributed by atoms with E-state index in [-0.39, 0.29) is 0 Å². The lowest BCUT2D eigenvalue weighted by molar-refractivity contribution is 0.440. The fraction of sp³-hybridized carbons (Fsp3) is 0.412. The summed E-state index contributed by atoms with van der Waals surface area (Å²) in [5.74, 6) is 2.53. The molecule has 0 aromatic heterocycles. The molecule has 0 amide bonds. The zero-order valence-corrected chi connectivity index (χ0v) is 13.2. The first-order valence-electron chi connectivity index (χ1n) is 7.22. The van der Waals surface area contributed by atoms with Gasteiger partial charge in [0.1, 0.15) is 0 Å². The van der Waals surface area contributed by atoms with Crippen molar-refractivity contribution < 1.29 is 8.42 Å². The maximum atomic E-state index is 12.8. The van der Waals surface area contributed by atoms with Crippen molar-refractivity contribution in [2.24, 2.45) is 0 Å². The van der Waals surface area contributed by atoms with E-state index in [2.05, 4.69) is 12.0 Å². The standard InChI is InChI=1S/C17H21NO2S/c1-3-4-13-18(14-16-7-5-6-8-16)21(19,20)17-11-9-15(2)10-12-17/h1,7,9-12H,4-6,8,13-14H2,2H3. The van der Waals surface area contributed by atoms with Crippen LogP contribution in [0.15, 0.2) is 40.8 Å². The lowest BCUT2D eigenvalue weighted by Crippen LogP contribution is -2.33. The molecule has 1 aromatic rings. The third-order valence-corrected chi connectivity index (χ3v) is 5.54. The number of sulfonamides is 1. The van der Waals surface area contributed by atoms with Crippen LogP contribution in [0.5, 0.6) is 0 Å². The summed E-state index contributed by atoms with van der Waals surface area (Å²) in [6.07, 6.45) is 11.0. The molecule has 0 atom stereocenters. The van der Waals surface area contributed by atoms with E-state index in [1.165, 1.54) is 9.88 Å². The van der Waals surface area contributed by atoms with Gasteiger partial charge in [-0.1, -0.05) is 29.3 Å². The number of benzene rings is 1. The average molecular weight is 303 g/mol. The predicted molar refractivity (Wildman–Crippen MR) is 85.3 cm³/mol. The van der Waals surface area contributed by atoms with E-state index >= 15 is 0 Å². The van der Waals surface area contributed by atoms with Gasteiger partial charge in [-0.05, 0) is 38.3 Å². The van der Waals surface area contributed by atoms with Crippen LogP contribution >= 0.6 is 0 Å². The number of allylic oxidation sites excluding steroid dienone is 1. The predicted octanol–water partition coefficient (Wildman–Crippen LogP) is 3.12. The lowest BCUT2D eigenvalue weighted by atomic mass is 10.2. The van der Waals surface area contributed by atoms with Crippen LogP contribution in [0.3, 0.4) is 0 Å². The molecule has 1 aliphatic carbocycles. The summed E-state index contributed by atoms with van der Waals surface area (Å²) in [4.78, 5) is 0.337. The molecule has 0 radical (unpaired) electrons. The van der Waals surface area contributed by atoms with Crippen LogP contribution in [0.1, 0.15) is 31.2 Å². The second-order valence-electron chi connectivity index (χ2n) is 5.36. The molecule has 2 rings (SSSR count). The molecule has 1 aromatic carbocycles. The maximum absolute atomic E-state index is 12.8. The van der Waals surface area contributed by atoms with Crippen molar-refractivity contribution in [2.45, 2.75) is 37.5 Å². The van der Waals surface area contributed by atoms with Crippen LogP contribution in [-0.4, -0.2) is 25.8 Å². The van der Waals surface area contributed by atoms with E-state index < -0.39 is 10.0 Å². The van der Waals surface area contributed by atoms with Crippen molar-refractivity contribution in [1.82, 2.24) is 4.31 Å². The number of aryl methyl sites for hydroxylation is 1. The van der Waals surface area contributed by atoms with E-state index in [0.29, 0.717) is 24.4 Å². The Hall–Kier alpha value is -1.57. The summed E-state index contributed by atoms with van der Waals surface area (Å²) >= 11 is 0. The molecule has 0 saturated carbocycles. The van der Waals surface area contributed by atoms with E-state index in [9.17, 15) is 8.42 Å². The van der Waals surface area contributed by atoms with Gasteiger partial charge in [0.25, 0.3) is 0 Å². The van der Waals surface area contributed by atoms with Gasteiger partial charge in [0.15, 0.2) is 0 Å². The second-order valence-corrected chi connectivity index (χ2v) is 7.30. The van der Waals surface area contributed by atoms with Crippen LogP contribution in [0.2, 0.25) is 0 Å². The molecule has 3 nitrogen and oxygen atoms in total. The summed E-state index contributed by atoms with van der Waals surface area (Å²) < 4.78 is 27.0. The molecule has 0 N–H and O–H groups in total. The van der Waals surface area contributed by atoms with Crippen LogP contribution in [0.25, 0.3) is 0 Å². The SMILES string of the molecule is C#CCCN(CC1=CCCC1)S(=O)(=O)c1ccc(C)cc1. The summed E-state index contributed by atoms with van der Waals surface area (Å²) in [6.45, 7) is 2.76. The second kappa shape index (κ2) is 6.93. The third kappa shape index (κ3) is 3.96. The summed E-state index contributed by atoms with van der Waals surface area (Å²) in [5.41, 5.74) is 2.24. The monoisotopic (exact) mass is 303 g/mol. The highest BCUT2D eigenvalue weighted by atomic mass is 32.2. The van der Waals surface area contributed by atoms with Gasteiger partial charge in [0, 0.05) is 19.5 Å². The van der Waals surface area contributed by atoms with Crippen molar-refractivity contribution in [3.8, 4) is 12.3 Å². The van der Waals surface area contributed by atoms with Gasteiger partial charge in [-0.2, -0.15) is 4.31 Å². The van der Waals surface area contributed by atoms with Crippen molar-refractivity contribution in [1.29, 1.82) is 0 Å². The van der Waals surface area contributed by atoms with Crippen molar-refractivity contribution in [3.05, 3.63) is 41.5 Å². The highest BCUT2D eigenvalue weighted by molar-refractivity contribution is 7.89. The van der Waals surface area contributed by atoms with Crippen molar-refractivity contribution >= 4 is 10.0 Å². The van der Waals surface area contributed by atoms with E-state index in [4.69, 9.17) is 6.42 Å². The maximum Gasteiger partial charge on any atom is 0.243 e. The van der Waals surface area contributed by atoms with Gasteiger partial charge in [0.05, 0.1) is 4.90 Å². The Balaban J connectivity index is 2.25. The topological polar surface area (TPSA) is 37.4 Å². The average Bonchev–Trinajstić information content (AvgIpc) is 2.96. The first kappa shape index (κ1) is 15.8. The van der Waals surface area contributed by atoms with Gasteiger partial charge in [-0.15, -0.1) is 12.3 Å². The van der Waals surface area contributed by atoms with Crippen LogP contribution < -0.4 is 0 Å². The van der Waals surface area contributed by atoms with Gasteiger partial charge in [-0.25, -0.2) is 8.42 Å². The number of nitrogens with zero attached hydrogens (tertiary/aromatic N) is 1. The Bertz CT molecular complexity index is 651. The zero-order chi connectivity index (χ0) is 15.3. The molecular formula is C17H21NO2S. The summed E-state index contributed by atoms with van der Waals surface area (Å²) in [7, 11) is -3.48. The highest BCUT2D eigenvalue weighted by Crippen LogP contribution is 2.23. The summed E-state index contributed by atoms with van der Waals surface area (Å²) in [6, 6.07) is 6.97. The number of rotatable bonds is 6. The Morgan fingerprint density at radius 1 is 1.29 bits per heavy atom. The summed E-state index contributed by atoms with van der Waals surface area (Å²) in [5, 5.41) is 0. The Labute approximate surface area is 127 Å². The van der Waals surface area contributed by atoms with Gasteiger partial charge in [0.2, 0.25) is 10.0 Å². The fourth-order valence-electron chi connectivity index (χ4n) is 2.44. The van der Waals surface area contributed by atoms with Crippen molar-refractivity contribution in [2.75, 3.05) is 13.1 Å². The van der Waals surface area contributed by atoms with E-state index in [0.717, 1.165) is 24.8 Å². The molecule has 0 spiro atoms. The number of hydrogen-bond acceptors (Lipinski definition) is 2. The zero-order valence-electron chi connectivity index (χ0n) is 12.4. The smallest absolute Gasteiger partial charge is 0.207 e. The molecule has 0 fully saturated rings. The van der Waals surface area contributed by atoms with Crippen LogP contribution in [0, 0.1) is 19.3 Å². The fourth-order valence-corrected chi connectivity index (χ4v) is 3.89. The molecule has 0 saturated heterocycles. The minimum Gasteiger partial charge on any atom is -0.207 e. The number of terminal acetylenes is 1. The Kier molecular flexibility index (Phi) is 5.22. The van der Waals surface area contributed by atoms with Crippen LogP contribution in [-0.2, 0) is 10.0 Å². The molecule has 0 heterocycles. The van der Waals surface area contributed by atoms with Crippen molar-refractivity contribution in [3.63, 3.8) is 0 Å². The van der Waals surface area contributed by atoms with Gasteiger partial charge < -0.3 is 0 Å². The molecule has 0 unspecified atom stereocenters. The quantitative estimate of drug-likeness (QED) is 0.598. The first-order valence-corrected chi connectivity index (χ1v) is 8.66. The first-order chi connectivity index (χ1) is 10.0. The molecule has 0 bridgehead atoms. The number of hydrogen-bond donors (Lipinski definition) is 0. The molecule has 1 aliphatic rings. The van der Waals surface area contributed by atoms with Crippen LogP contribution in [0.4, 0.5) is 0 Å². The normalized spacial score (nSPS) is 15.0. The minimum absolute atomic E-state index is 0.337. The lowest BCUT2D eigenvalue weighted by Gasteiger charge is -2.22. The highest BCUT2D eigenvalue weighted by Gasteiger charge is 2.25. The van der Waals surface area contributed by atoms with Gasteiger partial charge >= 0.3 is 0 Å². The molecule has 21 heavy (non-hydrogen) atoms. The largest absolute Gasteiger partial charge is 0.243 e. The molecular weight excluding hydrogens is 282 g/mol. The third-order valence-electron chi connectivity index (χ3n) is 3.68. The Morgan fingerprint density at radius 3 is 2.57 bits per heavy atom. The Morgan fingerprint density at radius 2 is 2.00 bits per heavy atom. The molecule has 0 aliphatic heterocycles. The van der Waals surface area contributed by atoms with E-state index in [1.807, 2.05) is 19.1 Å².